The van der Waals surface area contributed by atoms with Gasteiger partial charge in [-0.2, -0.15) is 0 Å². The number of amides is 1. The van der Waals surface area contributed by atoms with E-state index in [2.05, 4.69) is 10.3 Å². The Labute approximate surface area is 93.4 Å². The van der Waals surface area contributed by atoms with Gasteiger partial charge >= 0.3 is 0 Å². The van der Waals surface area contributed by atoms with Crippen molar-refractivity contribution < 1.29 is 9.90 Å². The van der Waals surface area contributed by atoms with Gasteiger partial charge in [-0.15, -0.1) is 11.3 Å². The highest BCUT2D eigenvalue weighted by atomic mass is 32.1. The van der Waals surface area contributed by atoms with Gasteiger partial charge in [0.05, 0.1) is 11.8 Å². The van der Waals surface area contributed by atoms with Gasteiger partial charge in [-0.25, -0.2) is 4.98 Å². The molecule has 0 saturated heterocycles. The number of nitrogens with one attached hydrogen (secondary N) is 1. The van der Waals surface area contributed by atoms with Crippen molar-refractivity contribution in [2.75, 3.05) is 5.32 Å². The van der Waals surface area contributed by atoms with Crippen molar-refractivity contribution in [1.82, 2.24) is 4.98 Å². The number of anilines is 1. The van der Waals surface area contributed by atoms with Crippen molar-refractivity contribution in [2.45, 2.75) is 33.3 Å². The van der Waals surface area contributed by atoms with Crippen LogP contribution < -0.4 is 5.32 Å². The summed E-state index contributed by atoms with van der Waals surface area (Å²) < 4.78 is 0. The Bertz CT molecular complexity index is 334. The van der Waals surface area contributed by atoms with Crippen LogP contribution in [0, 0.1) is 5.92 Å². The number of aliphatic hydroxyl groups excluding tert-OH is 1. The standard InChI is InChI=1S/C10H16N2O2S/c1-6(2)4-9(14)12-10-11-8(5-15-10)7(3)13/h5-7,13H,4H2,1-3H3,(H,11,12,14). The van der Waals surface area contributed by atoms with Crippen molar-refractivity contribution in [3.63, 3.8) is 0 Å². The molecule has 0 radical (unpaired) electrons. The van der Waals surface area contributed by atoms with Crippen LogP contribution in [0.4, 0.5) is 5.13 Å². The normalized spacial score (nSPS) is 12.9. The minimum Gasteiger partial charge on any atom is -0.387 e. The zero-order chi connectivity index (χ0) is 11.4. The third kappa shape index (κ3) is 3.97. The maximum atomic E-state index is 11.4. The lowest BCUT2D eigenvalue weighted by Gasteiger charge is -2.03. The van der Waals surface area contributed by atoms with E-state index in [-0.39, 0.29) is 5.91 Å². The number of carbonyl (C=O) groups is 1. The Morgan fingerprint density at radius 1 is 1.60 bits per heavy atom. The van der Waals surface area contributed by atoms with Crippen LogP contribution in [0.2, 0.25) is 0 Å². The summed E-state index contributed by atoms with van der Waals surface area (Å²) in [7, 11) is 0. The van der Waals surface area contributed by atoms with Gasteiger partial charge in [-0.05, 0) is 12.8 Å². The first-order chi connectivity index (χ1) is 6.99. The first-order valence-electron chi connectivity index (χ1n) is 4.92. The molecule has 15 heavy (non-hydrogen) atoms. The maximum Gasteiger partial charge on any atom is 0.226 e. The van der Waals surface area contributed by atoms with Crippen LogP contribution in [0.5, 0.6) is 0 Å². The van der Waals surface area contributed by atoms with Gasteiger partial charge in [-0.1, -0.05) is 13.8 Å². The Balaban J connectivity index is 2.53. The van der Waals surface area contributed by atoms with E-state index in [1.807, 2.05) is 13.8 Å². The zero-order valence-electron chi connectivity index (χ0n) is 9.15. The fraction of sp³-hybridized carbons (Fsp3) is 0.600. The second-order valence-electron chi connectivity index (χ2n) is 3.90. The summed E-state index contributed by atoms with van der Waals surface area (Å²) in [6.07, 6.45) is -0.0964. The number of aliphatic hydroxyl groups is 1. The maximum absolute atomic E-state index is 11.4. The molecule has 1 aromatic rings. The van der Waals surface area contributed by atoms with Crippen molar-refractivity contribution in [1.29, 1.82) is 0 Å². The number of rotatable bonds is 4. The van der Waals surface area contributed by atoms with Crippen LogP contribution in [0.25, 0.3) is 0 Å². The average Bonchev–Trinajstić information content (AvgIpc) is 2.50. The molecule has 0 spiro atoms. The zero-order valence-corrected chi connectivity index (χ0v) is 9.97. The number of hydrogen-bond donors (Lipinski definition) is 2. The fourth-order valence-electron chi connectivity index (χ4n) is 1.08. The molecule has 5 heteroatoms. The molecule has 0 saturated carbocycles. The van der Waals surface area contributed by atoms with Crippen LogP contribution in [-0.4, -0.2) is 16.0 Å². The van der Waals surface area contributed by atoms with E-state index in [4.69, 9.17) is 0 Å². The van der Waals surface area contributed by atoms with Crippen LogP contribution >= 0.6 is 11.3 Å². The fourth-order valence-corrected chi connectivity index (χ4v) is 1.89. The smallest absolute Gasteiger partial charge is 0.226 e. The summed E-state index contributed by atoms with van der Waals surface area (Å²) in [5.41, 5.74) is 0.597. The highest BCUT2D eigenvalue weighted by molar-refractivity contribution is 7.13. The monoisotopic (exact) mass is 228 g/mol. The summed E-state index contributed by atoms with van der Waals surface area (Å²) in [6, 6.07) is 0. The first-order valence-corrected chi connectivity index (χ1v) is 5.80. The largest absolute Gasteiger partial charge is 0.387 e. The molecule has 0 aliphatic carbocycles. The Morgan fingerprint density at radius 3 is 2.73 bits per heavy atom. The van der Waals surface area contributed by atoms with Gasteiger partial charge in [0.1, 0.15) is 0 Å². The van der Waals surface area contributed by atoms with Gasteiger partial charge < -0.3 is 10.4 Å². The summed E-state index contributed by atoms with van der Waals surface area (Å²) in [5.74, 6) is 0.303. The third-order valence-electron chi connectivity index (χ3n) is 1.79. The van der Waals surface area contributed by atoms with E-state index in [1.54, 1.807) is 12.3 Å². The van der Waals surface area contributed by atoms with E-state index >= 15 is 0 Å². The molecule has 0 aromatic carbocycles. The summed E-state index contributed by atoms with van der Waals surface area (Å²) in [4.78, 5) is 15.5. The number of carbonyl (C=O) groups excluding carboxylic acids is 1. The quantitative estimate of drug-likeness (QED) is 0.830. The average molecular weight is 228 g/mol. The molecule has 0 bridgehead atoms. The molecule has 84 valence electrons. The van der Waals surface area contributed by atoms with Crippen LogP contribution in [0.1, 0.15) is 39.0 Å². The highest BCUT2D eigenvalue weighted by Gasteiger charge is 2.10. The Hall–Kier alpha value is -0.940. The highest BCUT2D eigenvalue weighted by Crippen LogP contribution is 2.20. The molecule has 1 amide bonds. The number of aromatic nitrogens is 1. The van der Waals surface area contributed by atoms with Crippen molar-refractivity contribution in [3.05, 3.63) is 11.1 Å². The van der Waals surface area contributed by atoms with Crippen LogP contribution in [-0.2, 0) is 4.79 Å². The lowest BCUT2D eigenvalue weighted by atomic mass is 10.1. The van der Waals surface area contributed by atoms with Crippen LogP contribution in [0.15, 0.2) is 5.38 Å². The van der Waals surface area contributed by atoms with Gasteiger partial charge in [0, 0.05) is 11.8 Å². The third-order valence-corrected chi connectivity index (χ3v) is 2.57. The molecule has 1 atom stereocenters. The molecular weight excluding hydrogens is 212 g/mol. The minimum atomic E-state index is -0.586. The van der Waals surface area contributed by atoms with E-state index < -0.39 is 6.10 Å². The SMILES string of the molecule is CC(C)CC(=O)Nc1nc(C(C)O)cs1. The number of nitrogens with zero attached hydrogens (tertiary/aromatic N) is 1. The Kier molecular flexibility index (Phi) is 4.23. The van der Waals surface area contributed by atoms with Gasteiger partial charge in [0.15, 0.2) is 5.13 Å². The van der Waals surface area contributed by atoms with Crippen molar-refractivity contribution in [3.8, 4) is 0 Å². The van der Waals surface area contributed by atoms with Crippen molar-refractivity contribution in [2.24, 2.45) is 5.92 Å². The molecule has 1 rings (SSSR count). The molecule has 0 aliphatic heterocycles. The molecule has 4 nitrogen and oxygen atoms in total. The van der Waals surface area contributed by atoms with Gasteiger partial charge in [0.25, 0.3) is 0 Å². The lowest BCUT2D eigenvalue weighted by molar-refractivity contribution is -0.116. The molecule has 1 unspecified atom stereocenters. The molecule has 0 aliphatic rings. The first kappa shape index (κ1) is 12.1. The molecule has 2 N–H and O–H groups in total. The number of hydrogen-bond acceptors (Lipinski definition) is 4. The predicted octanol–water partition coefficient (Wildman–Crippen LogP) is 2.18. The lowest BCUT2D eigenvalue weighted by Crippen LogP contribution is -2.13. The molecule has 1 heterocycles. The second kappa shape index (κ2) is 5.23. The predicted molar refractivity (Wildman–Crippen MR) is 60.8 cm³/mol. The topological polar surface area (TPSA) is 62.2 Å². The van der Waals surface area contributed by atoms with Crippen LogP contribution in [0.3, 0.4) is 0 Å². The number of thiazole rings is 1. The van der Waals surface area contributed by atoms with E-state index in [9.17, 15) is 9.90 Å². The van der Waals surface area contributed by atoms with Gasteiger partial charge in [-0.3, -0.25) is 4.79 Å². The van der Waals surface area contributed by atoms with E-state index in [0.29, 0.717) is 23.2 Å². The second-order valence-corrected chi connectivity index (χ2v) is 4.76. The molecule has 0 fully saturated rings. The van der Waals surface area contributed by atoms with Crippen molar-refractivity contribution >= 4 is 22.4 Å². The Morgan fingerprint density at radius 2 is 2.27 bits per heavy atom. The van der Waals surface area contributed by atoms with E-state index in [0.717, 1.165) is 0 Å². The van der Waals surface area contributed by atoms with Gasteiger partial charge in [0.2, 0.25) is 5.91 Å². The summed E-state index contributed by atoms with van der Waals surface area (Å²) in [6.45, 7) is 5.63. The summed E-state index contributed by atoms with van der Waals surface area (Å²) >= 11 is 1.33. The summed E-state index contributed by atoms with van der Waals surface area (Å²) in [5, 5.41) is 14.3. The van der Waals surface area contributed by atoms with E-state index in [1.165, 1.54) is 11.3 Å². The minimum absolute atomic E-state index is 0.0310. The molecule has 1 aromatic heterocycles. The molecular formula is C10H16N2O2S.